The maximum absolute atomic E-state index is 10.8. The van der Waals surface area contributed by atoms with E-state index in [0.29, 0.717) is 5.52 Å². The summed E-state index contributed by atoms with van der Waals surface area (Å²) in [6, 6.07) is 0. The summed E-state index contributed by atoms with van der Waals surface area (Å²) < 4.78 is 1.69. The van der Waals surface area contributed by atoms with Crippen LogP contribution in [0.2, 0.25) is 0 Å². The molecule has 2 aromatic heterocycles. The molecule has 0 fully saturated rings. The van der Waals surface area contributed by atoms with E-state index in [4.69, 9.17) is 5.73 Å². The number of rotatable bonds is 1. The van der Waals surface area contributed by atoms with Crippen LogP contribution in [0.4, 0.5) is 0 Å². The first kappa shape index (κ1) is 9.47. The molecule has 0 radical (unpaired) electrons. The lowest BCUT2D eigenvalue weighted by atomic mass is 10.4. The van der Waals surface area contributed by atoms with E-state index in [1.807, 2.05) is 0 Å². The van der Waals surface area contributed by atoms with Crippen LogP contribution in [0.5, 0.6) is 0 Å². The predicted octanol–water partition coefficient (Wildman–Crippen LogP) is 0.250. The van der Waals surface area contributed by atoms with Crippen LogP contribution < -0.4 is 5.73 Å². The van der Waals surface area contributed by atoms with E-state index in [1.54, 1.807) is 23.0 Å². The lowest BCUT2D eigenvalue weighted by Gasteiger charge is -1.91. The Morgan fingerprint density at radius 2 is 2.31 bits per heavy atom. The van der Waals surface area contributed by atoms with Crippen molar-refractivity contribution in [2.45, 2.75) is 0 Å². The van der Waals surface area contributed by atoms with Crippen LogP contribution in [0, 0.1) is 0 Å². The summed E-state index contributed by atoms with van der Waals surface area (Å²) in [6.07, 6.45) is 6.39. The van der Waals surface area contributed by atoms with Gasteiger partial charge in [-0.3, -0.25) is 9.78 Å². The van der Waals surface area contributed by atoms with Crippen molar-refractivity contribution in [3.05, 3.63) is 30.6 Å². The molecule has 13 heavy (non-hydrogen) atoms. The highest BCUT2D eigenvalue weighted by atomic mass is 35.5. The van der Waals surface area contributed by atoms with E-state index in [0.717, 1.165) is 0 Å². The lowest BCUT2D eigenvalue weighted by molar-refractivity contribution is 0.0997. The zero-order valence-corrected chi connectivity index (χ0v) is 7.36. The monoisotopic (exact) mass is 198 g/mol. The Balaban J connectivity index is 0.000000845. The number of hydrogen-bond donors (Lipinski definition) is 1. The Labute approximate surface area is 80.0 Å². The number of carbonyl (C=O) groups excluding carboxylic acids is 1. The first-order chi connectivity index (χ1) is 5.79. The molecule has 0 saturated heterocycles. The molecule has 1 amide bonds. The van der Waals surface area contributed by atoms with Crippen molar-refractivity contribution < 1.29 is 4.79 Å². The van der Waals surface area contributed by atoms with Crippen LogP contribution in [-0.2, 0) is 0 Å². The summed E-state index contributed by atoms with van der Waals surface area (Å²) in [5.74, 6) is -0.537. The SMILES string of the molecule is Cl.NC(=O)c1ncn2ccncc12. The molecule has 0 aliphatic carbocycles. The molecule has 2 heterocycles. The normalized spacial score (nSPS) is 9.54. The van der Waals surface area contributed by atoms with Gasteiger partial charge in [0.2, 0.25) is 0 Å². The second kappa shape index (κ2) is 3.40. The minimum absolute atomic E-state index is 0. The number of primary amides is 1. The molecule has 0 atom stereocenters. The van der Waals surface area contributed by atoms with Crippen LogP contribution in [0.25, 0.3) is 5.52 Å². The zero-order valence-electron chi connectivity index (χ0n) is 6.54. The van der Waals surface area contributed by atoms with Gasteiger partial charge in [-0.1, -0.05) is 0 Å². The third kappa shape index (κ3) is 1.46. The summed E-state index contributed by atoms with van der Waals surface area (Å²) in [6.45, 7) is 0. The van der Waals surface area contributed by atoms with Crippen LogP contribution in [0.3, 0.4) is 0 Å². The molecule has 0 unspecified atom stereocenters. The number of amides is 1. The molecule has 0 aliphatic heterocycles. The number of hydrogen-bond acceptors (Lipinski definition) is 3. The molecule has 0 aromatic carbocycles. The number of imidazole rings is 1. The standard InChI is InChI=1S/C7H6N4O.ClH/c8-7(12)6-5-3-9-1-2-11(5)4-10-6;/h1-4H,(H2,8,12);1H. The third-order valence-electron chi connectivity index (χ3n) is 1.58. The molecule has 0 aliphatic rings. The second-order valence-electron chi connectivity index (χ2n) is 2.33. The van der Waals surface area contributed by atoms with Crippen molar-refractivity contribution in [3.8, 4) is 0 Å². The highest BCUT2D eigenvalue weighted by molar-refractivity contribution is 5.97. The second-order valence-corrected chi connectivity index (χ2v) is 2.33. The molecular formula is C7H7ClN4O. The Hall–Kier alpha value is -1.62. The van der Waals surface area contributed by atoms with Crippen molar-refractivity contribution in [2.75, 3.05) is 0 Å². The first-order valence-electron chi connectivity index (χ1n) is 3.35. The zero-order chi connectivity index (χ0) is 8.55. The first-order valence-corrected chi connectivity index (χ1v) is 3.35. The van der Waals surface area contributed by atoms with Crippen LogP contribution in [-0.4, -0.2) is 20.3 Å². The topological polar surface area (TPSA) is 73.3 Å². The average Bonchev–Trinajstić information content (AvgIpc) is 2.47. The van der Waals surface area contributed by atoms with Gasteiger partial charge in [0.1, 0.15) is 6.33 Å². The molecule has 6 heteroatoms. The molecule has 0 bridgehead atoms. The fraction of sp³-hybridized carbons (Fsp3) is 0. The highest BCUT2D eigenvalue weighted by Crippen LogP contribution is 2.05. The Morgan fingerprint density at radius 1 is 1.54 bits per heavy atom. The van der Waals surface area contributed by atoms with Gasteiger partial charge >= 0.3 is 0 Å². The number of aromatic nitrogens is 3. The van der Waals surface area contributed by atoms with Gasteiger partial charge in [0.05, 0.1) is 11.7 Å². The van der Waals surface area contributed by atoms with Gasteiger partial charge in [0.25, 0.3) is 5.91 Å². The van der Waals surface area contributed by atoms with E-state index in [1.165, 1.54) is 6.33 Å². The Morgan fingerprint density at radius 3 is 3.00 bits per heavy atom. The summed E-state index contributed by atoms with van der Waals surface area (Å²) >= 11 is 0. The van der Waals surface area contributed by atoms with Gasteiger partial charge in [-0.05, 0) is 0 Å². The summed E-state index contributed by atoms with van der Waals surface area (Å²) in [4.78, 5) is 18.5. The molecule has 2 aromatic rings. The van der Waals surface area contributed by atoms with E-state index < -0.39 is 5.91 Å². The summed E-state index contributed by atoms with van der Waals surface area (Å²) in [7, 11) is 0. The maximum Gasteiger partial charge on any atom is 0.269 e. The average molecular weight is 199 g/mol. The fourth-order valence-electron chi connectivity index (χ4n) is 1.03. The number of nitrogens with zero attached hydrogens (tertiary/aromatic N) is 3. The van der Waals surface area contributed by atoms with Crippen LogP contribution >= 0.6 is 12.4 Å². The van der Waals surface area contributed by atoms with Crippen LogP contribution in [0.1, 0.15) is 10.5 Å². The summed E-state index contributed by atoms with van der Waals surface area (Å²) in [5.41, 5.74) is 5.96. The quantitative estimate of drug-likeness (QED) is 0.714. The summed E-state index contributed by atoms with van der Waals surface area (Å²) in [5, 5.41) is 0. The molecule has 2 N–H and O–H groups in total. The van der Waals surface area contributed by atoms with Gasteiger partial charge in [0.15, 0.2) is 5.69 Å². The van der Waals surface area contributed by atoms with Gasteiger partial charge in [-0.2, -0.15) is 0 Å². The van der Waals surface area contributed by atoms with Gasteiger partial charge < -0.3 is 10.1 Å². The van der Waals surface area contributed by atoms with Gasteiger partial charge in [0, 0.05) is 12.4 Å². The fourth-order valence-corrected chi connectivity index (χ4v) is 1.03. The van der Waals surface area contributed by atoms with E-state index in [2.05, 4.69) is 9.97 Å². The van der Waals surface area contributed by atoms with E-state index in [9.17, 15) is 4.79 Å². The van der Waals surface area contributed by atoms with Crippen molar-refractivity contribution in [1.29, 1.82) is 0 Å². The highest BCUT2D eigenvalue weighted by Gasteiger charge is 2.08. The number of halogens is 1. The molecule has 0 spiro atoms. The third-order valence-corrected chi connectivity index (χ3v) is 1.58. The van der Waals surface area contributed by atoms with Crippen molar-refractivity contribution in [1.82, 2.24) is 14.4 Å². The molecule has 0 saturated carbocycles. The Kier molecular flexibility index (Phi) is 2.48. The molecule has 68 valence electrons. The molecular weight excluding hydrogens is 192 g/mol. The van der Waals surface area contributed by atoms with Crippen molar-refractivity contribution in [2.24, 2.45) is 5.73 Å². The van der Waals surface area contributed by atoms with Gasteiger partial charge in [-0.15, -0.1) is 12.4 Å². The maximum atomic E-state index is 10.8. The van der Waals surface area contributed by atoms with Crippen molar-refractivity contribution in [3.63, 3.8) is 0 Å². The Bertz CT molecular complexity index is 439. The smallest absolute Gasteiger partial charge is 0.269 e. The lowest BCUT2D eigenvalue weighted by Crippen LogP contribution is -2.11. The van der Waals surface area contributed by atoms with E-state index >= 15 is 0 Å². The number of nitrogens with two attached hydrogens (primary N) is 1. The number of carbonyl (C=O) groups is 1. The van der Waals surface area contributed by atoms with Crippen LogP contribution in [0.15, 0.2) is 24.9 Å². The van der Waals surface area contributed by atoms with Gasteiger partial charge in [-0.25, -0.2) is 4.98 Å². The largest absolute Gasteiger partial charge is 0.364 e. The number of fused-ring (bicyclic) bond motifs is 1. The van der Waals surface area contributed by atoms with Crippen molar-refractivity contribution >= 4 is 23.8 Å². The molecule has 5 nitrogen and oxygen atoms in total. The molecule has 2 rings (SSSR count). The minimum Gasteiger partial charge on any atom is -0.364 e. The predicted molar refractivity (Wildman–Crippen MR) is 48.8 cm³/mol. The minimum atomic E-state index is -0.537. The van der Waals surface area contributed by atoms with E-state index in [-0.39, 0.29) is 18.1 Å².